The van der Waals surface area contributed by atoms with Gasteiger partial charge in [-0.05, 0) is 38.1 Å². The molecule has 2 heterocycles. The van der Waals surface area contributed by atoms with Crippen molar-refractivity contribution in [3.05, 3.63) is 76.9 Å². The van der Waals surface area contributed by atoms with Crippen LogP contribution in [-0.2, 0) is 6.61 Å². The molecule has 0 unspecified atom stereocenters. The van der Waals surface area contributed by atoms with Gasteiger partial charge < -0.3 is 19.1 Å². The van der Waals surface area contributed by atoms with Crippen LogP contribution in [0, 0.1) is 19.7 Å². The summed E-state index contributed by atoms with van der Waals surface area (Å²) in [4.78, 5) is 16.9. The molecule has 0 atom stereocenters. The highest BCUT2D eigenvalue weighted by atomic mass is 19.1. The van der Waals surface area contributed by atoms with Crippen LogP contribution in [0.2, 0.25) is 0 Å². The third-order valence-electron chi connectivity index (χ3n) is 5.43. The van der Waals surface area contributed by atoms with Gasteiger partial charge in [0.25, 0.3) is 5.91 Å². The molecule has 6 nitrogen and oxygen atoms in total. The average molecular weight is 409 g/mol. The molecule has 156 valence electrons. The number of halogens is 1. The number of rotatable bonds is 5. The van der Waals surface area contributed by atoms with Crippen molar-refractivity contribution in [1.29, 1.82) is 0 Å². The van der Waals surface area contributed by atoms with Crippen LogP contribution in [0.15, 0.2) is 53.1 Å². The van der Waals surface area contributed by atoms with Crippen molar-refractivity contribution < 1.29 is 18.4 Å². The van der Waals surface area contributed by atoms with Crippen LogP contribution < -0.4 is 9.64 Å². The largest absolute Gasteiger partial charge is 0.488 e. The minimum absolute atomic E-state index is 0.0856. The molecule has 2 aromatic carbocycles. The molecule has 1 aliphatic rings. The van der Waals surface area contributed by atoms with Gasteiger partial charge in [0.15, 0.2) is 0 Å². The molecule has 1 saturated heterocycles. The minimum atomic E-state index is -0.240. The maximum absolute atomic E-state index is 14.1. The van der Waals surface area contributed by atoms with E-state index in [0.29, 0.717) is 48.9 Å². The number of para-hydroxylation sites is 2. The summed E-state index contributed by atoms with van der Waals surface area (Å²) in [5, 5.41) is 3.94. The smallest absolute Gasteiger partial charge is 0.257 e. The quantitative estimate of drug-likeness (QED) is 0.638. The lowest BCUT2D eigenvalue weighted by Gasteiger charge is -2.36. The number of piperazine rings is 1. The molecule has 30 heavy (non-hydrogen) atoms. The Morgan fingerprint density at radius 1 is 1.07 bits per heavy atom. The third kappa shape index (κ3) is 4.01. The molecule has 3 aromatic rings. The number of anilines is 1. The van der Waals surface area contributed by atoms with Crippen molar-refractivity contribution in [2.24, 2.45) is 0 Å². The molecular weight excluding hydrogens is 385 g/mol. The van der Waals surface area contributed by atoms with Crippen molar-refractivity contribution in [3.8, 4) is 5.75 Å². The Morgan fingerprint density at radius 3 is 2.47 bits per heavy atom. The molecule has 0 bridgehead atoms. The Morgan fingerprint density at radius 2 is 1.77 bits per heavy atom. The van der Waals surface area contributed by atoms with E-state index in [1.165, 1.54) is 6.07 Å². The summed E-state index contributed by atoms with van der Waals surface area (Å²) in [5.74, 6) is 0.910. The van der Waals surface area contributed by atoms with Crippen LogP contribution in [0.25, 0.3) is 0 Å². The SMILES string of the molecule is Cc1noc(C)c1COc1ccccc1C(=O)N1CCN(c2ccccc2F)CC1. The predicted octanol–water partition coefficient (Wildman–Crippen LogP) is 3.97. The lowest BCUT2D eigenvalue weighted by molar-refractivity contribution is 0.0741. The number of benzene rings is 2. The van der Waals surface area contributed by atoms with E-state index in [1.807, 2.05) is 36.9 Å². The fourth-order valence-corrected chi connectivity index (χ4v) is 3.66. The summed E-state index contributed by atoms with van der Waals surface area (Å²) in [6, 6.07) is 14.0. The van der Waals surface area contributed by atoms with E-state index in [9.17, 15) is 9.18 Å². The first-order valence-corrected chi connectivity index (χ1v) is 9.97. The zero-order valence-corrected chi connectivity index (χ0v) is 17.1. The molecule has 7 heteroatoms. The standard InChI is InChI=1S/C23H24FN3O3/c1-16-19(17(2)30-25-16)15-29-22-10-6-3-7-18(22)23(28)27-13-11-26(12-14-27)21-9-5-4-8-20(21)24/h3-10H,11-15H2,1-2H3. The van der Waals surface area contributed by atoms with E-state index in [4.69, 9.17) is 9.26 Å². The lowest BCUT2D eigenvalue weighted by atomic mass is 10.1. The van der Waals surface area contributed by atoms with Gasteiger partial charge in [-0.2, -0.15) is 0 Å². The molecule has 0 radical (unpaired) electrons. The van der Waals surface area contributed by atoms with Gasteiger partial charge in [-0.15, -0.1) is 0 Å². The van der Waals surface area contributed by atoms with Crippen molar-refractivity contribution in [1.82, 2.24) is 10.1 Å². The maximum atomic E-state index is 14.1. The van der Waals surface area contributed by atoms with Crippen LogP contribution in [0.5, 0.6) is 5.75 Å². The molecular formula is C23H24FN3O3. The predicted molar refractivity (Wildman–Crippen MR) is 111 cm³/mol. The molecule has 0 spiro atoms. The van der Waals surface area contributed by atoms with Gasteiger partial charge in [0.05, 0.1) is 22.5 Å². The fourth-order valence-electron chi connectivity index (χ4n) is 3.66. The Labute approximate surface area is 174 Å². The first-order valence-electron chi connectivity index (χ1n) is 9.97. The van der Waals surface area contributed by atoms with Gasteiger partial charge in [0.2, 0.25) is 0 Å². The first kappa shape index (κ1) is 19.9. The average Bonchev–Trinajstić information content (AvgIpc) is 3.10. The highest BCUT2D eigenvalue weighted by Gasteiger charge is 2.25. The van der Waals surface area contributed by atoms with E-state index in [0.717, 1.165) is 11.3 Å². The number of amides is 1. The number of carbonyl (C=O) groups is 1. The summed E-state index contributed by atoms with van der Waals surface area (Å²) < 4.78 is 25.2. The van der Waals surface area contributed by atoms with Gasteiger partial charge in [-0.1, -0.05) is 29.4 Å². The van der Waals surface area contributed by atoms with E-state index < -0.39 is 0 Å². The van der Waals surface area contributed by atoms with Gasteiger partial charge in [-0.3, -0.25) is 4.79 Å². The van der Waals surface area contributed by atoms with E-state index in [-0.39, 0.29) is 18.3 Å². The van der Waals surface area contributed by atoms with Crippen LogP contribution in [-0.4, -0.2) is 42.1 Å². The summed E-state index contributed by atoms with van der Waals surface area (Å²) in [6.45, 7) is 6.18. The number of carbonyl (C=O) groups excluding carboxylic acids is 1. The zero-order chi connectivity index (χ0) is 21.1. The molecule has 0 aliphatic carbocycles. The number of hydrogen-bond acceptors (Lipinski definition) is 5. The number of aryl methyl sites for hydroxylation is 2. The molecule has 0 saturated carbocycles. The van der Waals surface area contributed by atoms with Crippen LogP contribution in [0.3, 0.4) is 0 Å². The van der Waals surface area contributed by atoms with E-state index in [1.54, 1.807) is 29.2 Å². The molecule has 4 rings (SSSR count). The Kier molecular flexibility index (Phi) is 5.70. The Balaban J connectivity index is 1.44. The first-order chi connectivity index (χ1) is 14.5. The molecule has 1 amide bonds. The lowest BCUT2D eigenvalue weighted by Crippen LogP contribution is -2.49. The van der Waals surface area contributed by atoms with Crippen molar-refractivity contribution in [2.75, 3.05) is 31.1 Å². The molecule has 0 N–H and O–H groups in total. The van der Waals surface area contributed by atoms with Gasteiger partial charge in [0, 0.05) is 26.2 Å². The Hall–Kier alpha value is -3.35. The minimum Gasteiger partial charge on any atom is -0.488 e. The van der Waals surface area contributed by atoms with Crippen molar-refractivity contribution >= 4 is 11.6 Å². The Bertz CT molecular complexity index is 1020. The zero-order valence-electron chi connectivity index (χ0n) is 17.1. The highest BCUT2D eigenvalue weighted by molar-refractivity contribution is 5.97. The monoisotopic (exact) mass is 409 g/mol. The number of aromatic nitrogens is 1. The topological polar surface area (TPSA) is 58.8 Å². The second-order valence-electron chi connectivity index (χ2n) is 7.32. The maximum Gasteiger partial charge on any atom is 0.257 e. The van der Waals surface area contributed by atoms with Crippen LogP contribution >= 0.6 is 0 Å². The third-order valence-corrected chi connectivity index (χ3v) is 5.43. The van der Waals surface area contributed by atoms with Crippen LogP contribution in [0.1, 0.15) is 27.4 Å². The second-order valence-corrected chi connectivity index (χ2v) is 7.32. The van der Waals surface area contributed by atoms with E-state index >= 15 is 0 Å². The molecule has 1 aliphatic heterocycles. The summed E-state index contributed by atoms with van der Waals surface area (Å²) >= 11 is 0. The van der Waals surface area contributed by atoms with Crippen molar-refractivity contribution in [3.63, 3.8) is 0 Å². The number of nitrogens with zero attached hydrogens (tertiary/aromatic N) is 3. The molecule has 1 fully saturated rings. The highest BCUT2D eigenvalue weighted by Crippen LogP contribution is 2.25. The number of hydrogen-bond donors (Lipinski definition) is 0. The summed E-state index contributed by atoms with van der Waals surface area (Å²) in [7, 11) is 0. The van der Waals surface area contributed by atoms with Crippen molar-refractivity contribution in [2.45, 2.75) is 20.5 Å². The van der Waals surface area contributed by atoms with Crippen LogP contribution in [0.4, 0.5) is 10.1 Å². The van der Waals surface area contributed by atoms with Gasteiger partial charge in [-0.25, -0.2) is 4.39 Å². The molecule has 1 aromatic heterocycles. The van der Waals surface area contributed by atoms with E-state index in [2.05, 4.69) is 5.16 Å². The summed E-state index contributed by atoms with van der Waals surface area (Å²) in [5.41, 5.74) is 2.76. The normalized spacial score (nSPS) is 14.1. The van der Waals surface area contributed by atoms with Gasteiger partial charge >= 0.3 is 0 Å². The number of ether oxygens (including phenoxy) is 1. The fraction of sp³-hybridized carbons (Fsp3) is 0.304. The summed E-state index contributed by atoms with van der Waals surface area (Å²) in [6.07, 6.45) is 0. The van der Waals surface area contributed by atoms with Gasteiger partial charge in [0.1, 0.15) is 23.9 Å². The second kappa shape index (κ2) is 8.57.